The number of nitro groups is 1. The van der Waals surface area contributed by atoms with Gasteiger partial charge >= 0.3 is 0 Å². The number of halogens is 1. The van der Waals surface area contributed by atoms with Crippen LogP contribution in [0.2, 0.25) is 0 Å². The minimum Gasteiger partial charge on any atom is -0.496 e. The summed E-state index contributed by atoms with van der Waals surface area (Å²) in [5.74, 6) is -1.13. The molecule has 0 unspecified atom stereocenters. The van der Waals surface area contributed by atoms with Gasteiger partial charge in [-0.3, -0.25) is 24.5 Å². The van der Waals surface area contributed by atoms with Crippen LogP contribution in [-0.2, 0) is 14.4 Å². The number of hydroxylamine groups is 1. The summed E-state index contributed by atoms with van der Waals surface area (Å²) in [4.78, 5) is 44.5. The normalized spacial score (nSPS) is 21.6. The molecule has 172 valence electrons. The second-order valence-electron chi connectivity index (χ2n) is 7.84. The molecule has 0 radical (unpaired) electrons. The number of carbonyl (C=O) groups excluding carboxylic acids is 2. The third-order valence-electron chi connectivity index (χ3n) is 5.96. The topological polar surface area (TPSA) is 102 Å². The number of non-ortho nitro benzene ring substituents is 1. The van der Waals surface area contributed by atoms with Gasteiger partial charge < -0.3 is 4.74 Å². The van der Waals surface area contributed by atoms with Crippen LogP contribution in [0.4, 0.5) is 17.1 Å². The monoisotopic (exact) mass is 523 g/mol. The summed E-state index contributed by atoms with van der Waals surface area (Å²) in [5, 5.41) is 12.6. The number of fused-ring (bicyclic) bond motifs is 1. The van der Waals surface area contributed by atoms with Crippen LogP contribution in [0.1, 0.15) is 11.6 Å². The summed E-state index contributed by atoms with van der Waals surface area (Å²) in [7, 11) is 1.56. The second-order valence-corrected chi connectivity index (χ2v) is 8.69. The lowest BCUT2D eigenvalue weighted by Crippen LogP contribution is -2.37. The van der Waals surface area contributed by atoms with E-state index in [2.05, 4.69) is 15.9 Å². The molecular formula is C24H18BrN3O6. The number of ether oxygens (including phenoxy) is 1. The number of nitro benzene ring substituents is 1. The molecular weight excluding hydrogens is 506 g/mol. The number of amides is 2. The van der Waals surface area contributed by atoms with Crippen molar-refractivity contribution in [2.75, 3.05) is 17.1 Å². The number of hydrogen-bond donors (Lipinski definition) is 0. The van der Waals surface area contributed by atoms with E-state index in [1.807, 2.05) is 42.5 Å². The van der Waals surface area contributed by atoms with Crippen molar-refractivity contribution in [3.8, 4) is 5.75 Å². The fourth-order valence-electron chi connectivity index (χ4n) is 4.40. The van der Waals surface area contributed by atoms with Crippen molar-refractivity contribution in [2.24, 2.45) is 5.92 Å². The molecule has 10 heteroatoms. The third kappa shape index (κ3) is 3.51. The van der Waals surface area contributed by atoms with E-state index in [1.165, 1.54) is 24.3 Å². The van der Waals surface area contributed by atoms with E-state index in [1.54, 1.807) is 18.2 Å². The van der Waals surface area contributed by atoms with E-state index < -0.39 is 34.8 Å². The zero-order valence-corrected chi connectivity index (χ0v) is 19.4. The maximum atomic E-state index is 13.6. The van der Waals surface area contributed by atoms with Crippen LogP contribution in [0.25, 0.3) is 0 Å². The van der Waals surface area contributed by atoms with Gasteiger partial charge in [-0.05, 0) is 57.9 Å². The molecule has 3 aromatic carbocycles. The summed E-state index contributed by atoms with van der Waals surface area (Å²) in [6, 6.07) is 19.4. The highest BCUT2D eigenvalue weighted by Crippen LogP contribution is 2.48. The van der Waals surface area contributed by atoms with E-state index in [4.69, 9.17) is 9.57 Å². The fourth-order valence-corrected chi connectivity index (χ4v) is 4.96. The molecule has 34 heavy (non-hydrogen) atoms. The SMILES string of the molecule is COc1ccc([C@@H]2[C@@H]3C(=O)N(c4ccc([N+](=O)[O-])cc4)C(=O)[C@H]3ON2c2ccccc2)cc1Br. The van der Waals surface area contributed by atoms with Gasteiger partial charge in [0, 0.05) is 12.1 Å². The minimum absolute atomic E-state index is 0.129. The Kier molecular flexibility index (Phi) is 5.54. The maximum absolute atomic E-state index is 13.6. The Hall–Kier alpha value is -3.76. The van der Waals surface area contributed by atoms with E-state index in [0.717, 1.165) is 10.5 Å². The van der Waals surface area contributed by atoms with Gasteiger partial charge in [0.2, 0.25) is 5.91 Å². The van der Waals surface area contributed by atoms with Crippen molar-refractivity contribution in [2.45, 2.75) is 12.1 Å². The number of rotatable bonds is 5. The van der Waals surface area contributed by atoms with Gasteiger partial charge in [-0.1, -0.05) is 24.3 Å². The number of anilines is 2. The Morgan fingerprint density at radius 1 is 0.971 bits per heavy atom. The zero-order chi connectivity index (χ0) is 24.0. The quantitative estimate of drug-likeness (QED) is 0.277. The van der Waals surface area contributed by atoms with Crippen molar-refractivity contribution in [3.63, 3.8) is 0 Å². The Bertz CT molecular complexity index is 1280. The Morgan fingerprint density at radius 2 is 1.68 bits per heavy atom. The predicted octanol–water partition coefficient (Wildman–Crippen LogP) is 4.42. The van der Waals surface area contributed by atoms with Gasteiger partial charge in [0.25, 0.3) is 11.6 Å². The third-order valence-corrected chi connectivity index (χ3v) is 6.58. The standard InChI is InChI=1S/C24H18BrN3O6/c1-33-19-12-7-14(13-18(19)25)21-20-22(34-27(21)16-5-3-2-4-6-16)24(30)26(23(20)29)15-8-10-17(11-9-15)28(31)32/h2-13,20-22H,1H3/t20-,21+,22-/m0/s1. The molecule has 2 aliphatic rings. The van der Waals surface area contributed by atoms with Crippen LogP contribution in [0.15, 0.2) is 77.3 Å². The van der Waals surface area contributed by atoms with E-state index >= 15 is 0 Å². The second kappa shape index (κ2) is 8.54. The van der Waals surface area contributed by atoms with E-state index in [9.17, 15) is 19.7 Å². The summed E-state index contributed by atoms with van der Waals surface area (Å²) in [6.07, 6.45) is -1.03. The number of benzene rings is 3. The molecule has 0 saturated carbocycles. The lowest BCUT2D eigenvalue weighted by atomic mass is 9.90. The summed E-state index contributed by atoms with van der Waals surface area (Å²) >= 11 is 3.50. The van der Waals surface area contributed by atoms with Gasteiger partial charge in [-0.2, -0.15) is 0 Å². The molecule has 2 aliphatic heterocycles. The molecule has 2 fully saturated rings. The smallest absolute Gasteiger partial charge is 0.269 e. The van der Waals surface area contributed by atoms with Crippen molar-refractivity contribution in [3.05, 3.63) is 92.9 Å². The van der Waals surface area contributed by atoms with E-state index in [-0.39, 0.29) is 11.4 Å². The molecule has 2 amide bonds. The molecule has 2 heterocycles. The Labute approximate surface area is 202 Å². The zero-order valence-electron chi connectivity index (χ0n) is 17.8. The highest BCUT2D eigenvalue weighted by molar-refractivity contribution is 9.10. The number of carbonyl (C=O) groups is 2. The Morgan fingerprint density at radius 3 is 2.29 bits per heavy atom. The highest BCUT2D eigenvalue weighted by atomic mass is 79.9. The first-order chi connectivity index (χ1) is 16.4. The summed E-state index contributed by atoms with van der Waals surface area (Å²) < 4.78 is 6.03. The number of methoxy groups -OCH3 is 1. The van der Waals surface area contributed by atoms with Crippen LogP contribution in [0.5, 0.6) is 5.75 Å². The van der Waals surface area contributed by atoms with Crippen LogP contribution >= 0.6 is 15.9 Å². The first kappa shape index (κ1) is 22.1. The summed E-state index contributed by atoms with van der Waals surface area (Å²) in [5.41, 5.74) is 1.60. The van der Waals surface area contributed by atoms with Crippen LogP contribution < -0.4 is 14.7 Å². The fraction of sp³-hybridized carbons (Fsp3) is 0.167. The number of para-hydroxylation sites is 1. The molecule has 0 spiro atoms. The molecule has 9 nitrogen and oxygen atoms in total. The van der Waals surface area contributed by atoms with Crippen molar-refractivity contribution in [1.82, 2.24) is 0 Å². The first-order valence-corrected chi connectivity index (χ1v) is 11.2. The molecule has 0 aromatic heterocycles. The molecule has 0 N–H and O–H groups in total. The number of imide groups is 1. The number of hydrogen-bond acceptors (Lipinski definition) is 7. The predicted molar refractivity (Wildman–Crippen MR) is 126 cm³/mol. The van der Waals surface area contributed by atoms with Crippen LogP contribution in [-0.4, -0.2) is 30.0 Å². The lowest BCUT2D eigenvalue weighted by Gasteiger charge is -2.29. The van der Waals surface area contributed by atoms with Crippen molar-refractivity contribution in [1.29, 1.82) is 0 Å². The van der Waals surface area contributed by atoms with Gasteiger partial charge in [0.1, 0.15) is 11.7 Å². The Balaban J connectivity index is 1.56. The van der Waals surface area contributed by atoms with Gasteiger partial charge in [-0.25, -0.2) is 9.96 Å². The lowest BCUT2D eigenvalue weighted by molar-refractivity contribution is -0.384. The van der Waals surface area contributed by atoms with Crippen molar-refractivity contribution < 1.29 is 24.1 Å². The van der Waals surface area contributed by atoms with Gasteiger partial charge in [-0.15, -0.1) is 0 Å². The average Bonchev–Trinajstić information content (AvgIpc) is 3.35. The van der Waals surface area contributed by atoms with Crippen LogP contribution in [0.3, 0.4) is 0 Å². The van der Waals surface area contributed by atoms with Crippen molar-refractivity contribution >= 4 is 44.8 Å². The first-order valence-electron chi connectivity index (χ1n) is 10.4. The van der Waals surface area contributed by atoms with Crippen LogP contribution in [0, 0.1) is 16.0 Å². The van der Waals surface area contributed by atoms with Gasteiger partial charge in [0.15, 0.2) is 6.10 Å². The minimum atomic E-state index is -1.03. The number of nitrogens with zero attached hydrogens (tertiary/aromatic N) is 3. The molecule has 5 rings (SSSR count). The molecule has 3 aromatic rings. The molecule has 2 saturated heterocycles. The van der Waals surface area contributed by atoms with E-state index in [0.29, 0.717) is 15.9 Å². The maximum Gasteiger partial charge on any atom is 0.269 e. The largest absolute Gasteiger partial charge is 0.496 e. The molecule has 3 atom stereocenters. The molecule has 0 bridgehead atoms. The molecule has 0 aliphatic carbocycles. The van der Waals surface area contributed by atoms with Gasteiger partial charge in [0.05, 0.1) is 33.9 Å². The summed E-state index contributed by atoms with van der Waals surface area (Å²) in [6.45, 7) is 0. The highest BCUT2D eigenvalue weighted by Gasteiger charge is 2.60. The average molecular weight is 524 g/mol.